The molecule has 27 heavy (non-hydrogen) atoms. The number of anilines is 3. The van der Waals surface area contributed by atoms with Crippen molar-refractivity contribution in [2.75, 3.05) is 67.5 Å². The third-order valence-electron chi connectivity index (χ3n) is 4.97. The minimum Gasteiger partial charge on any atom is -0.370 e. The van der Waals surface area contributed by atoms with Crippen molar-refractivity contribution in [3.63, 3.8) is 0 Å². The van der Waals surface area contributed by atoms with E-state index in [1.807, 2.05) is 0 Å². The van der Waals surface area contributed by atoms with Crippen molar-refractivity contribution in [1.29, 1.82) is 5.41 Å². The van der Waals surface area contributed by atoms with Gasteiger partial charge in [0.05, 0.1) is 0 Å². The molecule has 1 aromatic heterocycles. The third kappa shape index (κ3) is 6.13. The van der Waals surface area contributed by atoms with Gasteiger partial charge in [-0.1, -0.05) is 0 Å². The Labute approximate surface area is 161 Å². The molecule has 0 aliphatic carbocycles. The van der Waals surface area contributed by atoms with Crippen LogP contribution in [-0.2, 0) is 0 Å². The van der Waals surface area contributed by atoms with Gasteiger partial charge in [0.2, 0.25) is 5.95 Å². The molecule has 9 nitrogen and oxygen atoms in total. The summed E-state index contributed by atoms with van der Waals surface area (Å²) in [5.41, 5.74) is 5.25. The van der Waals surface area contributed by atoms with Crippen LogP contribution in [0.3, 0.4) is 0 Å². The average Bonchev–Trinajstić information content (AvgIpc) is 3.37. The van der Waals surface area contributed by atoms with Crippen LogP contribution >= 0.6 is 0 Å². The van der Waals surface area contributed by atoms with E-state index in [-0.39, 0.29) is 5.96 Å². The number of hydrogen-bond donors (Lipinski definition) is 5. The number of rotatable bonds is 10. The summed E-state index contributed by atoms with van der Waals surface area (Å²) in [5, 5.41) is 16.7. The molecule has 0 unspecified atom stereocenters. The zero-order chi connectivity index (χ0) is 18.9. The Kier molecular flexibility index (Phi) is 7.32. The van der Waals surface area contributed by atoms with Gasteiger partial charge < -0.3 is 31.5 Å². The highest BCUT2D eigenvalue weighted by molar-refractivity contribution is 5.74. The lowest BCUT2D eigenvalue weighted by Crippen LogP contribution is -2.36. The SMILES string of the molecule is N=C(N)NCCNCCCNc1cc(N2CCCC2)nc(N2CCCC2)n1. The molecule has 150 valence electrons. The first-order valence-corrected chi connectivity index (χ1v) is 10.1. The minimum absolute atomic E-state index is 0.0184. The highest BCUT2D eigenvalue weighted by Crippen LogP contribution is 2.25. The lowest BCUT2D eigenvalue weighted by atomic mass is 10.4. The van der Waals surface area contributed by atoms with Gasteiger partial charge in [0.1, 0.15) is 11.6 Å². The normalized spacial score (nSPS) is 16.7. The molecule has 2 aliphatic heterocycles. The molecule has 0 bridgehead atoms. The summed E-state index contributed by atoms with van der Waals surface area (Å²) in [6.07, 6.45) is 5.95. The molecule has 3 rings (SSSR count). The summed E-state index contributed by atoms with van der Waals surface area (Å²) in [5.74, 6) is 2.87. The first kappa shape index (κ1) is 19.5. The van der Waals surface area contributed by atoms with E-state index in [1.54, 1.807) is 0 Å². The third-order valence-corrected chi connectivity index (χ3v) is 4.97. The van der Waals surface area contributed by atoms with Crippen molar-refractivity contribution >= 4 is 23.5 Å². The van der Waals surface area contributed by atoms with Crippen molar-refractivity contribution in [1.82, 2.24) is 20.6 Å². The highest BCUT2D eigenvalue weighted by atomic mass is 15.3. The minimum atomic E-state index is 0.0184. The molecule has 0 aromatic carbocycles. The van der Waals surface area contributed by atoms with Crippen LogP contribution in [0.15, 0.2) is 6.07 Å². The Morgan fingerprint density at radius 3 is 2.37 bits per heavy atom. The van der Waals surface area contributed by atoms with Gasteiger partial charge in [-0.05, 0) is 38.6 Å². The zero-order valence-electron chi connectivity index (χ0n) is 16.1. The van der Waals surface area contributed by atoms with Crippen LogP contribution in [0.4, 0.5) is 17.6 Å². The standard InChI is InChI=1S/C18H33N9/c19-17(20)23-9-8-21-6-5-7-22-15-14-16(26-10-1-2-11-26)25-18(24-15)27-12-3-4-13-27/h14,21H,1-13H2,(H4,19,20,23)(H,22,24,25). The summed E-state index contributed by atoms with van der Waals surface area (Å²) < 4.78 is 0. The number of nitrogens with two attached hydrogens (primary N) is 1. The number of nitrogens with one attached hydrogen (secondary N) is 4. The van der Waals surface area contributed by atoms with Crippen molar-refractivity contribution in [2.24, 2.45) is 5.73 Å². The van der Waals surface area contributed by atoms with E-state index < -0.39 is 0 Å². The molecule has 2 saturated heterocycles. The van der Waals surface area contributed by atoms with Crippen LogP contribution in [0.1, 0.15) is 32.1 Å². The average molecular weight is 376 g/mol. The fourth-order valence-electron chi connectivity index (χ4n) is 3.52. The van der Waals surface area contributed by atoms with E-state index in [2.05, 4.69) is 31.8 Å². The fourth-order valence-corrected chi connectivity index (χ4v) is 3.52. The van der Waals surface area contributed by atoms with Crippen LogP contribution in [0.25, 0.3) is 0 Å². The topological polar surface area (TPSA) is 118 Å². The van der Waals surface area contributed by atoms with Crippen molar-refractivity contribution in [3.05, 3.63) is 6.07 Å². The Morgan fingerprint density at radius 2 is 1.67 bits per heavy atom. The predicted molar refractivity (Wildman–Crippen MR) is 111 cm³/mol. The lowest BCUT2D eigenvalue weighted by Gasteiger charge is -2.22. The molecule has 2 aliphatic rings. The lowest BCUT2D eigenvalue weighted by molar-refractivity contribution is 0.648. The van der Waals surface area contributed by atoms with E-state index >= 15 is 0 Å². The van der Waals surface area contributed by atoms with E-state index in [9.17, 15) is 0 Å². The second-order valence-corrected chi connectivity index (χ2v) is 7.17. The number of nitrogens with zero attached hydrogens (tertiary/aromatic N) is 4. The van der Waals surface area contributed by atoms with E-state index in [0.29, 0.717) is 6.54 Å². The van der Waals surface area contributed by atoms with Crippen molar-refractivity contribution < 1.29 is 0 Å². The molecule has 0 spiro atoms. The smallest absolute Gasteiger partial charge is 0.229 e. The monoisotopic (exact) mass is 375 g/mol. The van der Waals surface area contributed by atoms with Gasteiger partial charge in [0.25, 0.3) is 0 Å². The number of aromatic nitrogens is 2. The van der Waals surface area contributed by atoms with Gasteiger partial charge in [0, 0.05) is 51.9 Å². The van der Waals surface area contributed by atoms with Gasteiger partial charge in [0.15, 0.2) is 5.96 Å². The summed E-state index contributed by atoms with van der Waals surface area (Å²) in [6.45, 7) is 7.54. The maximum absolute atomic E-state index is 7.10. The molecule has 0 saturated carbocycles. The van der Waals surface area contributed by atoms with Gasteiger partial charge in [-0.3, -0.25) is 5.41 Å². The van der Waals surface area contributed by atoms with Crippen LogP contribution in [0.5, 0.6) is 0 Å². The van der Waals surface area contributed by atoms with Gasteiger partial charge >= 0.3 is 0 Å². The molecule has 3 heterocycles. The molecular weight excluding hydrogens is 342 g/mol. The first-order chi connectivity index (χ1) is 13.2. The molecular formula is C18H33N9. The molecule has 1 aromatic rings. The van der Waals surface area contributed by atoms with Gasteiger partial charge in [-0.25, -0.2) is 0 Å². The molecule has 6 N–H and O–H groups in total. The Balaban J connectivity index is 1.48. The number of hydrogen-bond acceptors (Lipinski definition) is 7. The maximum atomic E-state index is 7.10. The number of guanidine groups is 1. The second-order valence-electron chi connectivity index (χ2n) is 7.17. The van der Waals surface area contributed by atoms with Gasteiger partial charge in [-0.2, -0.15) is 9.97 Å². The van der Waals surface area contributed by atoms with Crippen LogP contribution in [0, 0.1) is 5.41 Å². The Bertz CT molecular complexity index is 560. The largest absolute Gasteiger partial charge is 0.370 e. The Hall–Kier alpha value is -2.29. The van der Waals surface area contributed by atoms with Crippen LogP contribution in [0.2, 0.25) is 0 Å². The van der Waals surface area contributed by atoms with Gasteiger partial charge in [-0.15, -0.1) is 0 Å². The molecule has 9 heteroatoms. The van der Waals surface area contributed by atoms with Crippen LogP contribution < -0.4 is 31.5 Å². The molecule has 2 fully saturated rings. The molecule has 0 atom stereocenters. The molecule has 0 radical (unpaired) electrons. The molecule has 0 amide bonds. The van der Waals surface area contributed by atoms with E-state index in [0.717, 1.165) is 69.8 Å². The van der Waals surface area contributed by atoms with Crippen molar-refractivity contribution in [3.8, 4) is 0 Å². The zero-order valence-corrected chi connectivity index (χ0v) is 16.1. The summed E-state index contributed by atoms with van der Waals surface area (Å²) in [6, 6.07) is 2.09. The fraction of sp³-hybridized carbons (Fsp3) is 0.722. The van der Waals surface area contributed by atoms with Crippen molar-refractivity contribution in [2.45, 2.75) is 32.1 Å². The highest BCUT2D eigenvalue weighted by Gasteiger charge is 2.20. The maximum Gasteiger partial charge on any atom is 0.229 e. The Morgan fingerprint density at radius 1 is 0.963 bits per heavy atom. The van der Waals surface area contributed by atoms with E-state index in [4.69, 9.17) is 21.1 Å². The second kappa shape index (κ2) is 10.1. The van der Waals surface area contributed by atoms with Crippen LogP contribution in [-0.4, -0.2) is 68.3 Å². The first-order valence-electron chi connectivity index (χ1n) is 10.1. The summed E-state index contributed by atoms with van der Waals surface area (Å²) >= 11 is 0. The summed E-state index contributed by atoms with van der Waals surface area (Å²) in [4.78, 5) is 14.3. The van der Waals surface area contributed by atoms with E-state index in [1.165, 1.54) is 25.7 Å². The quantitative estimate of drug-likeness (QED) is 0.229. The predicted octanol–water partition coefficient (Wildman–Crippen LogP) is 0.552. The summed E-state index contributed by atoms with van der Waals surface area (Å²) in [7, 11) is 0.